The SMILES string of the molecule is CC(CNC(=O)C1CCC(C(=O)O)CC1)Sc1ccccc1. The van der Waals surface area contributed by atoms with Crippen LogP contribution in [0.1, 0.15) is 32.6 Å². The number of benzene rings is 1. The van der Waals surface area contributed by atoms with E-state index in [0.29, 0.717) is 37.5 Å². The van der Waals surface area contributed by atoms with E-state index in [4.69, 9.17) is 5.11 Å². The first-order valence-corrected chi connectivity index (χ1v) is 8.66. The van der Waals surface area contributed by atoms with Crippen LogP contribution in [0.3, 0.4) is 0 Å². The minimum absolute atomic E-state index is 0.0236. The van der Waals surface area contributed by atoms with E-state index >= 15 is 0 Å². The van der Waals surface area contributed by atoms with Gasteiger partial charge in [0.15, 0.2) is 0 Å². The third-order valence-electron chi connectivity index (χ3n) is 4.09. The second kappa shape index (κ2) is 8.22. The number of aliphatic carboxylic acids is 1. The minimum Gasteiger partial charge on any atom is -0.481 e. The number of nitrogens with one attached hydrogen (secondary N) is 1. The van der Waals surface area contributed by atoms with Gasteiger partial charge in [0, 0.05) is 22.6 Å². The Bertz CT molecular complexity index is 498. The number of carboxylic acids is 1. The van der Waals surface area contributed by atoms with Crippen molar-refractivity contribution in [1.29, 1.82) is 0 Å². The first-order valence-electron chi connectivity index (χ1n) is 7.78. The molecule has 1 amide bonds. The number of rotatable bonds is 6. The molecule has 0 aromatic heterocycles. The summed E-state index contributed by atoms with van der Waals surface area (Å²) in [7, 11) is 0. The number of thioether (sulfide) groups is 1. The van der Waals surface area contributed by atoms with Gasteiger partial charge in [-0.15, -0.1) is 11.8 Å². The van der Waals surface area contributed by atoms with Gasteiger partial charge in [-0.3, -0.25) is 9.59 Å². The number of hydrogen-bond donors (Lipinski definition) is 2. The van der Waals surface area contributed by atoms with Gasteiger partial charge >= 0.3 is 5.97 Å². The highest BCUT2D eigenvalue weighted by Crippen LogP contribution is 2.29. The van der Waals surface area contributed by atoms with Crippen molar-refractivity contribution in [3.8, 4) is 0 Å². The van der Waals surface area contributed by atoms with E-state index < -0.39 is 5.97 Å². The zero-order chi connectivity index (χ0) is 15.9. The van der Waals surface area contributed by atoms with Crippen LogP contribution in [0.25, 0.3) is 0 Å². The molecule has 1 aromatic rings. The van der Waals surface area contributed by atoms with Gasteiger partial charge in [0.2, 0.25) is 5.91 Å². The molecular weight excluding hydrogens is 298 g/mol. The monoisotopic (exact) mass is 321 g/mol. The summed E-state index contributed by atoms with van der Waals surface area (Å²) >= 11 is 1.74. The molecule has 0 bridgehead atoms. The predicted molar refractivity (Wildman–Crippen MR) is 87.9 cm³/mol. The molecule has 1 aromatic carbocycles. The molecular formula is C17H23NO3S. The summed E-state index contributed by atoms with van der Waals surface area (Å²) in [6.45, 7) is 2.73. The van der Waals surface area contributed by atoms with Gasteiger partial charge in [0.1, 0.15) is 0 Å². The topological polar surface area (TPSA) is 66.4 Å². The van der Waals surface area contributed by atoms with E-state index in [9.17, 15) is 9.59 Å². The van der Waals surface area contributed by atoms with Gasteiger partial charge in [0.05, 0.1) is 5.92 Å². The van der Waals surface area contributed by atoms with Crippen LogP contribution < -0.4 is 5.32 Å². The van der Waals surface area contributed by atoms with E-state index in [-0.39, 0.29) is 17.7 Å². The maximum absolute atomic E-state index is 12.2. The lowest BCUT2D eigenvalue weighted by molar-refractivity contribution is -0.144. The molecule has 1 aliphatic rings. The molecule has 0 saturated heterocycles. The van der Waals surface area contributed by atoms with E-state index in [1.54, 1.807) is 11.8 Å². The summed E-state index contributed by atoms with van der Waals surface area (Å²) < 4.78 is 0. The molecule has 0 heterocycles. The third-order valence-corrected chi connectivity index (χ3v) is 5.20. The Morgan fingerprint density at radius 1 is 1.18 bits per heavy atom. The molecule has 0 radical (unpaired) electrons. The zero-order valence-corrected chi connectivity index (χ0v) is 13.6. The Hall–Kier alpha value is -1.49. The molecule has 4 nitrogen and oxygen atoms in total. The Labute approximate surface area is 135 Å². The summed E-state index contributed by atoms with van der Waals surface area (Å²) in [5.74, 6) is -0.947. The van der Waals surface area contributed by atoms with Gasteiger partial charge in [0.25, 0.3) is 0 Å². The Balaban J connectivity index is 1.70. The van der Waals surface area contributed by atoms with Crippen molar-refractivity contribution in [3.63, 3.8) is 0 Å². The lowest BCUT2D eigenvalue weighted by Gasteiger charge is -2.25. The van der Waals surface area contributed by atoms with Crippen LogP contribution in [0, 0.1) is 11.8 Å². The summed E-state index contributed by atoms with van der Waals surface area (Å²) in [6.07, 6.45) is 2.59. The second-order valence-electron chi connectivity index (χ2n) is 5.87. The van der Waals surface area contributed by atoms with Gasteiger partial charge in [-0.25, -0.2) is 0 Å². The van der Waals surface area contributed by atoms with Crippen LogP contribution in [0.2, 0.25) is 0 Å². The van der Waals surface area contributed by atoms with Crippen molar-refractivity contribution in [2.75, 3.05) is 6.54 Å². The Kier molecular flexibility index (Phi) is 6.31. The number of carboxylic acid groups (broad SMARTS) is 1. The number of carbonyl (C=O) groups is 2. The smallest absolute Gasteiger partial charge is 0.306 e. The van der Waals surface area contributed by atoms with Crippen LogP contribution in [-0.4, -0.2) is 28.8 Å². The number of amides is 1. The first kappa shape index (κ1) is 16.9. The summed E-state index contributed by atoms with van der Waals surface area (Å²) in [6, 6.07) is 10.1. The quantitative estimate of drug-likeness (QED) is 0.790. The van der Waals surface area contributed by atoms with Crippen molar-refractivity contribution in [3.05, 3.63) is 30.3 Å². The molecule has 1 unspecified atom stereocenters. The minimum atomic E-state index is -0.730. The van der Waals surface area contributed by atoms with Crippen molar-refractivity contribution in [1.82, 2.24) is 5.32 Å². The third kappa shape index (κ3) is 5.05. The van der Waals surface area contributed by atoms with Crippen molar-refractivity contribution in [2.45, 2.75) is 42.8 Å². The number of hydrogen-bond acceptors (Lipinski definition) is 3. The van der Waals surface area contributed by atoms with Crippen LogP contribution in [0.4, 0.5) is 0 Å². The molecule has 2 rings (SSSR count). The van der Waals surface area contributed by atoms with E-state index in [1.807, 2.05) is 18.2 Å². The van der Waals surface area contributed by atoms with Gasteiger partial charge < -0.3 is 10.4 Å². The maximum atomic E-state index is 12.2. The largest absolute Gasteiger partial charge is 0.481 e. The van der Waals surface area contributed by atoms with Crippen LogP contribution in [-0.2, 0) is 9.59 Å². The van der Waals surface area contributed by atoms with Gasteiger partial charge in [-0.05, 0) is 37.8 Å². The lowest BCUT2D eigenvalue weighted by atomic mass is 9.81. The summed E-state index contributed by atoms with van der Waals surface area (Å²) in [5.41, 5.74) is 0. The molecule has 22 heavy (non-hydrogen) atoms. The fraction of sp³-hybridized carbons (Fsp3) is 0.529. The summed E-state index contributed by atoms with van der Waals surface area (Å²) in [5, 5.41) is 12.3. The second-order valence-corrected chi connectivity index (χ2v) is 7.39. The van der Waals surface area contributed by atoms with Crippen LogP contribution in [0.5, 0.6) is 0 Å². The van der Waals surface area contributed by atoms with Crippen molar-refractivity contribution < 1.29 is 14.7 Å². The fourth-order valence-corrected chi connectivity index (χ4v) is 3.71. The average Bonchev–Trinajstić information content (AvgIpc) is 2.53. The molecule has 0 spiro atoms. The lowest BCUT2D eigenvalue weighted by Crippen LogP contribution is -2.37. The maximum Gasteiger partial charge on any atom is 0.306 e. The standard InChI is InChI=1S/C17H23NO3S/c1-12(22-15-5-3-2-4-6-15)11-18-16(19)13-7-9-14(10-8-13)17(20)21/h2-6,12-14H,7-11H2,1H3,(H,18,19)(H,20,21). The van der Waals surface area contributed by atoms with Crippen molar-refractivity contribution >= 4 is 23.6 Å². The molecule has 2 N–H and O–H groups in total. The van der Waals surface area contributed by atoms with Crippen LogP contribution >= 0.6 is 11.8 Å². The van der Waals surface area contributed by atoms with E-state index in [2.05, 4.69) is 24.4 Å². The summed E-state index contributed by atoms with van der Waals surface area (Å²) in [4.78, 5) is 24.3. The molecule has 1 saturated carbocycles. The Morgan fingerprint density at radius 3 is 2.36 bits per heavy atom. The van der Waals surface area contributed by atoms with Crippen molar-refractivity contribution in [2.24, 2.45) is 11.8 Å². The van der Waals surface area contributed by atoms with E-state index in [0.717, 1.165) is 0 Å². The molecule has 0 aliphatic heterocycles. The predicted octanol–water partition coefficient (Wildman–Crippen LogP) is 3.17. The molecule has 1 atom stereocenters. The van der Waals surface area contributed by atoms with Gasteiger partial charge in [-0.1, -0.05) is 25.1 Å². The Morgan fingerprint density at radius 2 is 1.77 bits per heavy atom. The fourth-order valence-electron chi connectivity index (χ4n) is 2.76. The molecule has 1 aliphatic carbocycles. The van der Waals surface area contributed by atoms with Crippen LogP contribution in [0.15, 0.2) is 35.2 Å². The average molecular weight is 321 g/mol. The zero-order valence-electron chi connectivity index (χ0n) is 12.8. The first-order chi connectivity index (χ1) is 10.6. The highest BCUT2D eigenvalue weighted by Gasteiger charge is 2.29. The normalized spacial score (nSPS) is 22.8. The highest BCUT2D eigenvalue weighted by molar-refractivity contribution is 8.00. The van der Waals surface area contributed by atoms with Gasteiger partial charge in [-0.2, -0.15) is 0 Å². The highest BCUT2D eigenvalue weighted by atomic mass is 32.2. The molecule has 1 fully saturated rings. The molecule has 5 heteroatoms. The number of carbonyl (C=O) groups excluding carboxylic acids is 1. The van der Waals surface area contributed by atoms with E-state index in [1.165, 1.54) is 4.90 Å². The molecule has 120 valence electrons.